The number of hydrogen-bond donors (Lipinski definition) is 0. The minimum absolute atomic E-state index is 0.807. The number of ether oxygens (including phenoxy) is 2. The van der Waals surface area contributed by atoms with E-state index in [-0.39, 0.29) is 0 Å². The van der Waals surface area contributed by atoms with Crippen LogP contribution in [0, 0.1) is 0 Å². The van der Waals surface area contributed by atoms with Gasteiger partial charge in [0.15, 0.2) is 0 Å². The first-order valence-electron chi connectivity index (χ1n) is 8.37. The Labute approximate surface area is 139 Å². The number of hydrogen-bond acceptors (Lipinski definition) is 2. The van der Waals surface area contributed by atoms with Crippen LogP contribution in [0.5, 0.6) is 11.5 Å². The summed E-state index contributed by atoms with van der Waals surface area (Å²) in [5.74, 6) is 1.82. The summed E-state index contributed by atoms with van der Waals surface area (Å²) < 4.78 is 10.9. The van der Waals surface area contributed by atoms with Crippen LogP contribution >= 0.6 is 0 Å². The maximum atomic E-state index is 5.76. The second-order valence-electron chi connectivity index (χ2n) is 5.58. The molecule has 0 amide bonds. The van der Waals surface area contributed by atoms with Crippen molar-refractivity contribution in [2.24, 2.45) is 0 Å². The zero-order valence-electron chi connectivity index (χ0n) is 14.1. The van der Waals surface area contributed by atoms with Gasteiger partial charge in [-0.1, -0.05) is 62.6 Å². The summed E-state index contributed by atoms with van der Waals surface area (Å²) in [4.78, 5) is 0. The molecule has 23 heavy (non-hydrogen) atoms. The second kappa shape index (κ2) is 9.73. The van der Waals surface area contributed by atoms with Gasteiger partial charge in [-0.25, -0.2) is 0 Å². The number of unbranched alkanes of at least 4 members (excludes halogenated alkanes) is 3. The van der Waals surface area contributed by atoms with Crippen LogP contribution in [0.3, 0.4) is 0 Å². The van der Waals surface area contributed by atoms with Gasteiger partial charge in [-0.15, -0.1) is 0 Å². The molecule has 0 aliphatic rings. The minimum atomic E-state index is 0.807. The minimum Gasteiger partial charge on any atom is -0.497 e. The molecule has 0 unspecified atom stereocenters. The van der Waals surface area contributed by atoms with Crippen molar-refractivity contribution in [3.05, 3.63) is 59.7 Å². The van der Waals surface area contributed by atoms with E-state index < -0.39 is 0 Å². The molecule has 0 aliphatic carbocycles. The van der Waals surface area contributed by atoms with Crippen LogP contribution in [0.1, 0.15) is 43.7 Å². The van der Waals surface area contributed by atoms with E-state index in [1.807, 2.05) is 36.4 Å². The molecule has 2 aromatic carbocycles. The van der Waals surface area contributed by atoms with Crippen LogP contribution in [0.2, 0.25) is 0 Å². The molecule has 0 saturated heterocycles. The Morgan fingerprint density at radius 1 is 0.739 bits per heavy atom. The SMILES string of the molecule is CCCCCCOc1ccc(/C=C/c2ccc(OC)cc2)cc1. The molecule has 0 heterocycles. The lowest BCUT2D eigenvalue weighted by Crippen LogP contribution is -1.96. The third-order valence-corrected chi connectivity index (χ3v) is 3.73. The molecule has 2 heteroatoms. The zero-order valence-corrected chi connectivity index (χ0v) is 14.1. The first kappa shape index (κ1) is 17.1. The van der Waals surface area contributed by atoms with Crippen LogP contribution in [0.15, 0.2) is 48.5 Å². The highest BCUT2D eigenvalue weighted by molar-refractivity contribution is 5.70. The van der Waals surface area contributed by atoms with Gasteiger partial charge in [0.1, 0.15) is 11.5 Å². The normalized spacial score (nSPS) is 10.9. The lowest BCUT2D eigenvalue weighted by atomic mass is 10.1. The van der Waals surface area contributed by atoms with Crippen molar-refractivity contribution in [2.75, 3.05) is 13.7 Å². The molecule has 0 spiro atoms. The van der Waals surface area contributed by atoms with E-state index >= 15 is 0 Å². The molecule has 0 bridgehead atoms. The predicted molar refractivity (Wildman–Crippen MR) is 98.0 cm³/mol. The molecule has 0 atom stereocenters. The molecule has 122 valence electrons. The fourth-order valence-corrected chi connectivity index (χ4v) is 2.30. The topological polar surface area (TPSA) is 18.5 Å². The molecule has 2 rings (SSSR count). The van der Waals surface area contributed by atoms with E-state index in [0.717, 1.165) is 30.1 Å². The molecular weight excluding hydrogens is 284 g/mol. The fourth-order valence-electron chi connectivity index (χ4n) is 2.30. The largest absolute Gasteiger partial charge is 0.497 e. The van der Waals surface area contributed by atoms with E-state index in [9.17, 15) is 0 Å². The predicted octanol–water partition coefficient (Wildman–Crippen LogP) is 5.82. The van der Waals surface area contributed by atoms with Gasteiger partial charge >= 0.3 is 0 Å². The van der Waals surface area contributed by atoms with E-state index in [1.165, 1.54) is 24.8 Å². The average molecular weight is 310 g/mol. The van der Waals surface area contributed by atoms with Gasteiger partial charge in [-0.05, 0) is 41.8 Å². The standard InChI is InChI=1S/C21H26O2/c1-3-4-5-6-17-23-21-15-11-19(12-16-21)8-7-18-9-13-20(22-2)14-10-18/h7-16H,3-6,17H2,1-2H3/b8-7+. The first-order valence-corrected chi connectivity index (χ1v) is 8.37. The van der Waals surface area contributed by atoms with Gasteiger partial charge in [0, 0.05) is 0 Å². The summed E-state index contributed by atoms with van der Waals surface area (Å²) in [6.45, 7) is 3.03. The summed E-state index contributed by atoms with van der Waals surface area (Å²) in [6, 6.07) is 16.3. The molecule has 0 aliphatic heterocycles. The number of benzene rings is 2. The molecular formula is C21H26O2. The van der Waals surface area contributed by atoms with Gasteiger partial charge < -0.3 is 9.47 Å². The van der Waals surface area contributed by atoms with Crippen molar-refractivity contribution < 1.29 is 9.47 Å². The van der Waals surface area contributed by atoms with Gasteiger partial charge in [-0.3, -0.25) is 0 Å². The maximum absolute atomic E-state index is 5.76. The van der Waals surface area contributed by atoms with Gasteiger partial charge in [-0.2, -0.15) is 0 Å². The lowest BCUT2D eigenvalue weighted by Gasteiger charge is -2.06. The molecule has 2 aromatic rings. The monoisotopic (exact) mass is 310 g/mol. The van der Waals surface area contributed by atoms with E-state index in [2.05, 4.69) is 31.2 Å². The molecule has 0 saturated carbocycles. The third-order valence-electron chi connectivity index (χ3n) is 3.73. The quantitative estimate of drug-likeness (QED) is 0.429. The van der Waals surface area contributed by atoms with Crippen LogP contribution < -0.4 is 9.47 Å². The summed E-state index contributed by atoms with van der Waals surface area (Å²) >= 11 is 0. The average Bonchev–Trinajstić information content (AvgIpc) is 2.61. The Kier molecular flexibility index (Phi) is 7.25. The van der Waals surface area contributed by atoms with E-state index in [4.69, 9.17) is 9.47 Å². The molecule has 0 aromatic heterocycles. The summed E-state index contributed by atoms with van der Waals surface area (Å²) in [5, 5.41) is 0. The van der Waals surface area contributed by atoms with Crippen LogP contribution in [-0.2, 0) is 0 Å². The number of rotatable bonds is 9. The van der Waals surface area contributed by atoms with Crippen molar-refractivity contribution in [3.8, 4) is 11.5 Å². The summed E-state index contributed by atoms with van der Waals surface area (Å²) in [6.07, 6.45) is 9.13. The fraction of sp³-hybridized carbons (Fsp3) is 0.333. The van der Waals surface area contributed by atoms with Crippen molar-refractivity contribution in [1.82, 2.24) is 0 Å². The summed E-state index contributed by atoms with van der Waals surface area (Å²) in [7, 11) is 1.68. The second-order valence-corrected chi connectivity index (χ2v) is 5.58. The van der Waals surface area contributed by atoms with Crippen molar-refractivity contribution in [1.29, 1.82) is 0 Å². The Balaban J connectivity index is 1.82. The third kappa shape index (κ3) is 6.19. The smallest absolute Gasteiger partial charge is 0.119 e. The zero-order chi connectivity index (χ0) is 16.3. The van der Waals surface area contributed by atoms with Crippen molar-refractivity contribution in [3.63, 3.8) is 0 Å². The first-order chi connectivity index (χ1) is 11.3. The Hall–Kier alpha value is -2.22. The number of methoxy groups -OCH3 is 1. The van der Waals surface area contributed by atoms with Crippen LogP contribution in [0.4, 0.5) is 0 Å². The highest BCUT2D eigenvalue weighted by atomic mass is 16.5. The molecule has 0 N–H and O–H groups in total. The van der Waals surface area contributed by atoms with Crippen molar-refractivity contribution >= 4 is 12.2 Å². The van der Waals surface area contributed by atoms with Gasteiger partial charge in [0.25, 0.3) is 0 Å². The maximum Gasteiger partial charge on any atom is 0.119 e. The van der Waals surface area contributed by atoms with Crippen molar-refractivity contribution in [2.45, 2.75) is 32.6 Å². The van der Waals surface area contributed by atoms with Crippen LogP contribution in [0.25, 0.3) is 12.2 Å². The van der Waals surface area contributed by atoms with E-state index in [0.29, 0.717) is 0 Å². The van der Waals surface area contributed by atoms with E-state index in [1.54, 1.807) is 7.11 Å². The Bertz CT molecular complexity index is 582. The molecule has 0 radical (unpaired) electrons. The molecule has 2 nitrogen and oxygen atoms in total. The van der Waals surface area contributed by atoms with Gasteiger partial charge in [0.2, 0.25) is 0 Å². The summed E-state index contributed by atoms with van der Waals surface area (Å²) in [5.41, 5.74) is 2.32. The van der Waals surface area contributed by atoms with Gasteiger partial charge in [0.05, 0.1) is 13.7 Å². The highest BCUT2D eigenvalue weighted by Gasteiger charge is 1.95. The Morgan fingerprint density at radius 3 is 1.83 bits per heavy atom. The molecule has 0 fully saturated rings. The Morgan fingerprint density at radius 2 is 1.30 bits per heavy atom. The highest BCUT2D eigenvalue weighted by Crippen LogP contribution is 2.17. The lowest BCUT2D eigenvalue weighted by molar-refractivity contribution is 0.305. The van der Waals surface area contributed by atoms with Crippen LogP contribution in [-0.4, -0.2) is 13.7 Å².